The lowest BCUT2D eigenvalue weighted by Gasteiger charge is -2.20. The molecule has 2 aromatic heterocycles. The van der Waals surface area contributed by atoms with Crippen molar-refractivity contribution in [1.29, 1.82) is 5.41 Å². The van der Waals surface area contributed by atoms with Gasteiger partial charge in [-0.15, -0.1) is 0 Å². The van der Waals surface area contributed by atoms with E-state index in [4.69, 9.17) is 28.6 Å². The Labute approximate surface area is 232 Å². The molecule has 39 heavy (non-hydrogen) atoms. The molecule has 0 bridgehead atoms. The van der Waals surface area contributed by atoms with Gasteiger partial charge in [0.1, 0.15) is 0 Å². The van der Waals surface area contributed by atoms with Gasteiger partial charge in [0.05, 0.1) is 22.6 Å². The van der Waals surface area contributed by atoms with Crippen LogP contribution in [0.15, 0.2) is 55.0 Å². The van der Waals surface area contributed by atoms with Gasteiger partial charge in [0, 0.05) is 43.8 Å². The van der Waals surface area contributed by atoms with E-state index < -0.39 is 17.8 Å². The van der Waals surface area contributed by atoms with Gasteiger partial charge < -0.3 is 14.5 Å². The zero-order valence-electron chi connectivity index (χ0n) is 21.1. The summed E-state index contributed by atoms with van der Waals surface area (Å²) in [4.78, 5) is 13.6. The molecule has 1 atom stereocenters. The lowest BCUT2D eigenvalue weighted by atomic mass is 9.98. The Morgan fingerprint density at radius 2 is 1.87 bits per heavy atom. The number of carbonyl (C=O) groups excluding carboxylic acids is 1. The summed E-state index contributed by atoms with van der Waals surface area (Å²) in [5.41, 5.74) is 0.824. The van der Waals surface area contributed by atoms with Gasteiger partial charge in [-0.25, -0.2) is 0 Å². The van der Waals surface area contributed by atoms with Crippen LogP contribution in [-0.4, -0.2) is 24.8 Å². The molecule has 0 radical (unpaired) electrons. The van der Waals surface area contributed by atoms with Gasteiger partial charge >= 0.3 is 6.18 Å². The summed E-state index contributed by atoms with van der Waals surface area (Å²) in [6.07, 6.45) is 1.88. The molecule has 5 rings (SSSR count). The van der Waals surface area contributed by atoms with E-state index in [2.05, 4.69) is 10.4 Å². The summed E-state index contributed by atoms with van der Waals surface area (Å²) in [6.45, 7) is 0.189. The third kappa shape index (κ3) is 5.77. The number of aromatic nitrogens is 4. The number of hydrogen-bond donors (Lipinski definition) is 2. The highest BCUT2D eigenvalue weighted by Gasteiger charge is 2.38. The van der Waals surface area contributed by atoms with Crippen molar-refractivity contribution < 1.29 is 18.0 Å². The van der Waals surface area contributed by atoms with Crippen molar-refractivity contribution in [2.45, 2.75) is 31.6 Å². The van der Waals surface area contributed by atoms with Crippen molar-refractivity contribution in [3.05, 3.63) is 93.0 Å². The van der Waals surface area contributed by atoms with Crippen LogP contribution in [0, 0.1) is 11.3 Å². The largest absolute Gasteiger partial charge is 0.435 e. The zero-order valence-corrected chi connectivity index (χ0v) is 22.6. The van der Waals surface area contributed by atoms with Crippen molar-refractivity contribution in [3.8, 4) is 11.1 Å². The van der Waals surface area contributed by atoms with Crippen LogP contribution in [0.2, 0.25) is 10.0 Å². The third-order valence-corrected chi connectivity index (χ3v) is 7.51. The first-order valence-electron chi connectivity index (χ1n) is 12.2. The Bertz CT molecular complexity index is 1620. The summed E-state index contributed by atoms with van der Waals surface area (Å²) in [7, 11) is 3.14. The van der Waals surface area contributed by atoms with Crippen molar-refractivity contribution in [3.63, 3.8) is 0 Å². The molecule has 1 amide bonds. The smallest absolute Gasteiger partial charge is 0.345 e. The van der Waals surface area contributed by atoms with E-state index in [1.54, 1.807) is 52.8 Å². The summed E-state index contributed by atoms with van der Waals surface area (Å²) in [5, 5.41) is 15.7. The molecule has 2 aromatic carbocycles. The molecule has 1 aliphatic rings. The number of nitrogens with one attached hydrogen (secondary N) is 2. The molecule has 0 spiro atoms. The minimum atomic E-state index is -4.68. The van der Waals surface area contributed by atoms with Crippen LogP contribution in [0.3, 0.4) is 0 Å². The van der Waals surface area contributed by atoms with Crippen molar-refractivity contribution in [1.82, 2.24) is 24.2 Å². The average Bonchev–Trinajstić information content (AvgIpc) is 3.57. The van der Waals surface area contributed by atoms with Gasteiger partial charge in [-0.05, 0) is 65.8 Å². The number of imidazole rings is 1. The molecule has 2 heterocycles. The van der Waals surface area contributed by atoms with Crippen molar-refractivity contribution in [2.24, 2.45) is 20.0 Å². The van der Waals surface area contributed by atoms with Crippen LogP contribution in [0.5, 0.6) is 0 Å². The average molecular weight is 577 g/mol. The van der Waals surface area contributed by atoms with E-state index in [0.29, 0.717) is 15.6 Å². The van der Waals surface area contributed by atoms with Crippen LogP contribution in [0.1, 0.15) is 46.1 Å². The van der Waals surface area contributed by atoms with Crippen LogP contribution in [0.4, 0.5) is 13.2 Å². The number of nitrogens with zero attached hydrogens (tertiary/aromatic N) is 4. The van der Waals surface area contributed by atoms with Crippen molar-refractivity contribution >= 4 is 29.1 Å². The summed E-state index contributed by atoms with van der Waals surface area (Å²) in [6, 6.07) is 9.57. The zero-order chi connectivity index (χ0) is 28.1. The van der Waals surface area contributed by atoms with Crippen LogP contribution in [0.25, 0.3) is 11.1 Å². The quantitative estimate of drug-likeness (QED) is 0.284. The van der Waals surface area contributed by atoms with Crippen molar-refractivity contribution in [2.75, 3.05) is 0 Å². The molecule has 204 valence electrons. The Morgan fingerprint density at radius 3 is 2.49 bits per heavy atom. The number of carbonyl (C=O) groups is 1. The van der Waals surface area contributed by atoms with Gasteiger partial charge in [-0.2, -0.15) is 18.3 Å². The first-order valence-corrected chi connectivity index (χ1v) is 12.9. The fraction of sp³-hybridized carbons (Fsp3) is 0.296. The van der Waals surface area contributed by atoms with E-state index in [0.717, 1.165) is 23.1 Å². The molecule has 0 saturated heterocycles. The third-order valence-electron chi connectivity index (χ3n) is 6.78. The predicted molar refractivity (Wildman–Crippen MR) is 141 cm³/mol. The van der Waals surface area contributed by atoms with Gasteiger partial charge in [0.15, 0.2) is 5.69 Å². The van der Waals surface area contributed by atoms with Crippen LogP contribution in [-0.2, 0) is 26.8 Å². The lowest BCUT2D eigenvalue weighted by molar-refractivity contribution is -0.140. The lowest BCUT2D eigenvalue weighted by Crippen LogP contribution is -2.30. The van der Waals surface area contributed by atoms with Crippen LogP contribution >= 0.6 is 23.2 Å². The summed E-state index contributed by atoms with van der Waals surface area (Å²) < 4.78 is 45.8. The minimum absolute atomic E-state index is 0.131. The molecule has 1 saturated carbocycles. The number of rotatable bonds is 7. The molecule has 1 fully saturated rings. The Balaban J connectivity index is 1.56. The number of alkyl halides is 3. The maximum absolute atomic E-state index is 13.8. The van der Waals surface area contributed by atoms with Gasteiger partial charge in [0.25, 0.3) is 5.91 Å². The summed E-state index contributed by atoms with van der Waals surface area (Å²) >= 11 is 12.3. The topological polar surface area (TPSA) is 80.6 Å². The molecule has 4 aromatic rings. The number of halogens is 5. The normalized spacial score (nSPS) is 14.4. The maximum atomic E-state index is 13.8. The van der Waals surface area contributed by atoms with Gasteiger partial charge in [-0.1, -0.05) is 29.3 Å². The SMILES string of the molecule is Cn1cc(-c2cc(Cn3ccn(C)c3=N)cc(C(=O)NC(c3ccc(Cl)c(Cl)c3)C3CC3)c2)c(C(F)(F)F)n1. The van der Waals surface area contributed by atoms with Gasteiger partial charge in [0.2, 0.25) is 5.62 Å². The predicted octanol–water partition coefficient (Wildman–Crippen LogP) is 5.96. The second-order valence-corrected chi connectivity index (χ2v) is 10.6. The molecule has 1 aliphatic carbocycles. The van der Waals surface area contributed by atoms with Crippen LogP contribution < -0.4 is 10.9 Å². The van der Waals surface area contributed by atoms with E-state index >= 15 is 0 Å². The maximum Gasteiger partial charge on any atom is 0.435 e. The number of benzene rings is 2. The first kappa shape index (κ1) is 27.1. The molecule has 12 heteroatoms. The fourth-order valence-corrected chi connectivity index (χ4v) is 4.97. The fourth-order valence-electron chi connectivity index (χ4n) is 4.66. The number of hydrogen-bond acceptors (Lipinski definition) is 3. The van der Waals surface area contributed by atoms with Gasteiger partial charge in [-0.3, -0.25) is 14.9 Å². The Morgan fingerprint density at radius 1 is 1.13 bits per heavy atom. The highest BCUT2D eigenvalue weighted by molar-refractivity contribution is 6.42. The first-order chi connectivity index (χ1) is 18.4. The molecular formula is C27H25Cl2F3N6O. The van der Waals surface area contributed by atoms with E-state index in [1.807, 2.05) is 6.07 Å². The Hall–Kier alpha value is -3.50. The Kier molecular flexibility index (Phi) is 7.11. The molecule has 1 unspecified atom stereocenters. The molecule has 7 nitrogen and oxygen atoms in total. The second kappa shape index (κ2) is 10.2. The van der Waals surface area contributed by atoms with E-state index in [-0.39, 0.29) is 40.8 Å². The highest BCUT2D eigenvalue weighted by Crippen LogP contribution is 2.42. The number of aryl methyl sites for hydroxylation is 2. The minimum Gasteiger partial charge on any atom is -0.345 e. The standard InChI is InChI=1S/C27H25Cl2F3N6O/c1-36-7-8-38(26(36)33)13-15-9-18(20-14-37(2)35-24(20)27(30,31)32)11-19(10-15)25(39)34-23(16-3-4-16)17-5-6-21(28)22(29)12-17/h5-12,14,16,23,33H,3-4,13H2,1-2H3,(H,34,39). The highest BCUT2D eigenvalue weighted by atomic mass is 35.5. The molecule has 2 N–H and O–H groups in total. The molecule has 0 aliphatic heterocycles. The molecular weight excluding hydrogens is 552 g/mol. The summed E-state index contributed by atoms with van der Waals surface area (Å²) in [5.74, 6) is -0.211. The second-order valence-electron chi connectivity index (χ2n) is 9.80. The van der Waals surface area contributed by atoms with E-state index in [1.165, 1.54) is 19.3 Å². The number of amides is 1. The van der Waals surface area contributed by atoms with E-state index in [9.17, 15) is 18.0 Å². The monoisotopic (exact) mass is 576 g/mol.